The molecule has 2 aromatic heterocycles. The molecule has 2 heterocycles. The number of halogens is 1. The zero-order valence-electron chi connectivity index (χ0n) is 15.0. The fraction of sp³-hybridized carbons (Fsp3) is 0.300. The Hall–Kier alpha value is -2.14. The van der Waals surface area contributed by atoms with Crippen LogP contribution < -0.4 is 5.32 Å². The molecule has 0 aliphatic carbocycles. The normalized spacial score (nSPS) is 11.1. The van der Waals surface area contributed by atoms with E-state index in [-0.39, 0.29) is 0 Å². The molecule has 4 nitrogen and oxygen atoms in total. The Morgan fingerprint density at radius 3 is 2.64 bits per heavy atom. The van der Waals surface area contributed by atoms with E-state index in [1.54, 1.807) is 0 Å². The Morgan fingerprint density at radius 1 is 1.16 bits per heavy atom. The summed E-state index contributed by atoms with van der Waals surface area (Å²) in [5, 5.41) is 3.16. The van der Waals surface area contributed by atoms with Crippen molar-refractivity contribution in [2.75, 3.05) is 12.4 Å². The highest BCUT2D eigenvalue weighted by Gasteiger charge is 2.12. The van der Waals surface area contributed by atoms with Crippen molar-refractivity contribution in [1.82, 2.24) is 14.5 Å². The second kappa shape index (κ2) is 7.40. The van der Waals surface area contributed by atoms with Gasteiger partial charge in [0.1, 0.15) is 5.82 Å². The first kappa shape index (κ1) is 17.7. The molecule has 0 fully saturated rings. The monoisotopic (exact) mass is 398 g/mol. The molecule has 0 amide bonds. The zero-order chi connectivity index (χ0) is 18.0. The Morgan fingerprint density at radius 2 is 1.96 bits per heavy atom. The molecule has 0 bridgehead atoms. The number of anilines is 1. The quantitative estimate of drug-likeness (QED) is 0.645. The maximum atomic E-state index is 4.86. The van der Waals surface area contributed by atoms with Crippen LogP contribution in [0.5, 0.6) is 0 Å². The van der Waals surface area contributed by atoms with Crippen LogP contribution in [0, 0.1) is 5.92 Å². The fourth-order valence-corrected chi connectivity index (χ4v) is 3.48. The zero-order valence-corrected chi connectivity index (χ0v) is 16.6. The third-order valence-electron chi connectivity index (χ3n) is 4.10. The summed E-state index contributed by atoms with van der Waals surface area (Å²) in [6.45, 7) is 4.42. The maximum absolute atomic E-state index is 4.86. The van der Waals surface area contributed by atoms with Crippen molar-refractivity contribution in [1.29, 1.82) is 0 Å². The molecular formula is C20H23BrN4. The number of aryl methyl sites for hydroxylation is 1. The lowest BCUT2D eigenvalue weighted by Gasteiger charge is -2.06. The molecule has 0 saturated heterocycles. The lowest BCUT2D eigenvalue weighted by atomic mass is 10.1. The Balaban J connectivity index is 1.97. The summed E-state index contributed by atoms with van der Waals surface area (Å²) in [5.74, 6) is 1.54. The van der Waals surface area contributed by atoms with Gasteiger partial charge in [-0.3, -0.25) is 4.98 Å². The molecule has 1 aromatic carbocycles. The molecule has 0 spiro atoms. The van der Waals surface area contributed by atoms with Gasteiger partial charge in [0.25, 0.3) is 0 Å². The molecule has 1 N–H and O–H groups in total. The number of benzene rings is 1. The van der Waals surface area contributed by atoms with Gasteiger partial charge >= 0.3 is 0 Å². The summed E-state index contributed by atoms with van der Waals surface area (Å²) < 4.78 is 3.10. The minimum atomic E-state index is 0.586. The predicted octanol–water partition coefficient (Wildman–Crippen LogP) is 5.15. The van der Waals surface area contributed by atoms with Gasteiger partial charge in [0.2, 0.25) is 0 Å². The van der Waals surface area contributed by atoms with Crippen LogP contribution >= 0.6 is 15.9 Å². The van der Waals surface area contributed by atoms with E-state index < -0.39 is 0 Å². The minimum Gasteiger partial charge on any atom is -0.387 e. The van der Waals surface area contributed by atoms with Crippen molar-refractivity contribution in [2.24, 2.45) is 13.0 Å². The molecule has 0 radical (unpaired) electrons. The summed E-state index contributed by atoms with van der Waals surface area (Å²) in [6, 6.07) is 10.4. The van der Waals surface area contributed by atoms with Crippen molar-refractivity contribution in [3.8, 4) is 22.6 Å². The smallest absolute Gasteiger partial charge is 0.140 e. The van der Waals surface area contributed by atoms with Crippen LogP contribution in [0.3, 0.4) is 0 Å². The molecule has 0 aliphatic rings. The van der Waals surface area contributed by atoms with Crippen LogP contribution in [-0.2, 0) is 13.5 Å². The van der Waals surface area contributed by atoms with Crippen molar-refractivity contribution in [2.45, 2.75) is 20.3 Å². The molecule has 3 rings (SSSR count). The van der Waals surface area contributed by atoms with Crippen molar-refractivity contribution < 1.29 is 0 Å². The van der Waals surface area contributed by atoms with E-state index in [0.717, 1.165) is 44.9 Å². The SMILES string of the molecule is CNc1ccc(-c2cn(C)c(-c3ccnc(CC(C)C)c3)n2)cc1Br. The highest BCUT2D eigenvalue weighted by molar-refractivity contribution is 9.10. The van der Waals surface area contributed by atoms with Crippen molar-refractivity contribution >= 4 is 21.6 Å². The molecule has 130 valence electrons. The third kappa shape index (κ3) is 3.93. The molecular weight excluding hydrogens is 376 g/mol. The third-order valence-corrected chi connectivity index (χ3v) is 4.76. The fourth-order valence-electron chi connectivity index (χ4n) is 2.90. The average Bonchev–Trinajstić information content (AvgIpc) is 2.96. The van der Waals surface area contributed by atoms with Gasteiger partial charge in [-0.2, -0.15) is 0 Å². The van der Waals surface area contributed by atoms with Crippen LogP contribution in [0.1, 0.15) is 19.5 Å². The van der Waals surface area contributed by atoms with Crippen LogP contribution in [0.15, 0.2) is 47.2 Å². The first-order valence-corrected chi connectivity index (χ1v) is 9.23. The number of imidazole rings is 1. The molecule has 25 heavy (non-hydrogen) atoms. The minimum absolute atomic E-state index is 0.586. The number of rotatable bonds is 5. The standard InChI is InChI=1S/C20H23BrN4/c1-13(2)9-16-10-15(7-8-23-16)20-24-19(12-25(20)4)14-5-6-18(22-3)17(21)11-14/h5-8,10-13,22H,9H2,1-4H3. The average molecular weight is 399 g/mol. The lowest BCUT2D eigenvalue weighted by molar-refractivity contribution is 0.635. The van der Waals surface area contributed by atoms with E-state index >= 15 is 0 Å². The van der Waals surface area contributed by atoms with Gasteiger partial charge in [-0.1, -0.05) is 19.9 Å². The van der Waals surface area contributed by atoms with E-state index in [1.165, 1.54) is 0 Å². The first-order chi connectivity index (χ1) is 12.0. The number of nitrogens with zero attached hydrogens (tertiary/aromatic N) is 3. The summed E-state index contributed by atoms with van der Waals surface area (Å²) in [7, 11) is 3.95. The van der Waals surface area contributed by atoms with Crippen LogP contribution in [-0.4, -0.2) is 21.6 Å². The van der Waals surface area contributed by atoms with Gasteiger partial charge in [-0.15, -0.1) is 0 Å². The second-order valence-corrected chi connectivity index (χ2v) is 7.49. The maximum Gasteiger partial charge on any atom is 0.140 e. The molecule has 0 saturated carbocycles. The Kier molecular flexibility index (Phi) is 5.23. The summed E-state index contributed by atoms with van der Waals surface area (Å²) in [6.07, 6.45) is 4.92. The van der Waals surface area contributed by atoms with Crippen LogP contribution in [0.4, 0.5) is 5.69 Å². The lowest BCUT2D eigenvalue weighted by Crippen LogP contribution is -1.98. The summed E-state index contributed by atoms with van der Waals surface area (Å²) in [5.41, 5.74) is 5.32. The number of aromatic nitrogens is 3. The molecule has 5 heteroatoms. The van der Waals surface area contributed by atoms with Gasteiger partial charge in [0, 0.05) is 53.5 Å². The molecule has 0 unspecified atom stereocenters. The van der Waals surface area contributed by atoms with Gasteiger partial charge in [0.15, 0.2) is 0 Å². The van der Waals surface area contributed by atoms with Gasteiger partial charge < -0.3 is 9.88 Å². The van der Waals surface area contributed by atoms with Crippen LogP contribution in [0.2, 0.25) is 0 Å². The Labute approximate surface area is 157 Å². The van der Waals surface area contributed by atoms with E-state index in [9.17, 15) is 0 Å². The second-order valence-electron chi connectivity index (χ2n) is 6.64. The van der Waals surface area contributed by atoms with Crippen LogP contribution in [0.25, 0.3) is 22.6 Å². The van der Waals surface area contributed by atoms with Gasteiger partial charge in [-0.05, 0) is 52.5 Å². The summed E-state index contributed by atoms with van der Waals surface area (Å²) >= 11 is 3.60. The van der Waals surface area contributed by atoms with E-state index in [2.05, 4.69) is 75.1 Å². The number of hydrogen-bond donors (Lipinski definition) is 1. The summed E-state index contributed by atoms with van der Waals surface area (Å²) in [4.78, 5) is 9.34. The first-order valence-electron chi connectivity index (χ1n) is 8.44. The van der Waals surface area contributed by atoms with E-state index in [4.69, 9.17) is 4.98 Å². The van der Waals surface area contributed by atoms with E-state index in [1.807, 2.05) is 26.4 Å². The topological polar surface area (TPSA) is 42.7 Å². The highest BCUT2D eigenvalue weighted by atomic mass is 79.9. The van der Waals surface area contributed by atoms with Crippen molar-refractivity contribution in [3.63, 3.8) is 0 Å². The number of pyridine rings is 1. The van der Waals surface area contributed by atoms with Gasteiger partial charge in [0.05, 0.1) is 5.69 Å². The number of nitrogens with one attached hydrogen (secondary N) is 1. The highest BCUT2D eigenvalue weighted by Crippen LogP contribution is 2.30. The van der Waals surface area contributed by atoms with Crippen molar-refractivity contribution in [3.05, 3.63) is 52.9 Å². The largest absolute Gasteiger partial charge is 0.387 e. The molecule has 3 aromatic rings. The molecule has 0 aliphatic heterocycles. The number of hydrogen-bond acceptors (Lipinski definition) is 3. The van der Waals surface area contributed by atoms with E-state index in [0.29, 0.717) is 5.92 Å². The molecule has 0 atom stereocenters. The Bertz CT molecular complexity index is 883. The predicted molar refractivity (Wildman–Crippen MR) is 108 cm³/mol. The van der Waals surface area contributed by atoms with Gasteiger partial charge in [-0.25, -0.2) is 4.98 Å².